The number of nitrogens with two attached hydrogens (primary N) is 1. The third-order valence-corrected chi connectivity index (χ3v) is 9.11. The number of carbonyl (C=O) groups excluding carboxylic acids is 2. The molecule has 2 aromatic rings. The van der Waals surface area contributed by atoms with Gasteiger partial charge in [0.15, 0.2) is 0 Å². The van der Waals surface area contributed by atoms with Crippen molar-refractivity contribution in [3.63, 3.8) is 0 Å². The number of halogens is 4. The topological polar surface area (TPSA) is 75.9 Å². The van der Waals surface area contributed by atoms with Crippen molar-refractivity contribution >= 4 is 11.8 Å². The smallest absolute Gasteiger partial charge is 0.395 e. The number of benzene rings is 2. The summed E-state index contributed by atoms with van der Waals surface area (Å²) in [7, 11) is 0. The lowest BCUT2D eigenvalue weighted by Gasteiger charge is -2.47. The minimum atomic E-state index is -4.15. The van der Waals surface area contributed by atoms with Crippen LogP contribution in [0.3, 0.4) is 0 Å². The Morgan fingerprint density at radius 2 is 1.66 bits per heavy atom. The second kappa shape index (κ2) is 12.0. The lowest BCUT2D eigenvalue weighted by atomic mass is 9.67. The summed E-state index contributed by atoms with van der Waals surface area (Å²) in [6, 6.07) is 10.7. The fourth-order valence-corrected chi connectivity index (χ4v) is 6.34. The van der Waals surface area contributed by atoms with Crippen molar-refractivity contribution in [3.05, 3.63) is 53.8 Å². The SMILES string of the molecule is NC(=O)[C@H]1CCCCN1C(=O)c1ccc(-c2ccc(OCC3CCN(CC4(C(F)(F)F)CCC4)CC3)cc2F)cc1. The molecule has 41 heavy (non-hydrogen) atoms. The molecule has 222 valence electrons. The fraction of sp³-hybridized carbons (Fsp3) is 0.548. The van der Waals surface area contributed by atoms with E-state index in [2.05, 4.69) is 0 Å². The molecule has 10 heteroatoms. The van der Waals surface area contributed by atoms with Gasteiger partial charge in [-0.05, 0) is 93.8 Å². The van der Waals surface area contributed by atoms with E-state index >= 15 is 4.39 Å². The van der Waals surface area contributed by atoms with Crippen LogP contribution in [0.25, 0.3) is 11.1 Å². The third-order valence-electron chi connectivity index (χ3n) is 9.11. The van der Waals surface area contributed by atoms with Gasteiger partial charge in [0.05, 0.1) is 12.0 Å². The molecular weight excluding hydrogens is 538 g/mol. The van der Waals surface area contributed by atoms with Gasteiger partial charge in [-0.15, -0.1) is 0 Å². The van der Waals surface area contributed by atoms with E-state index in [1.807, 2.05) is 4.90 Å². The second-order valence-electron chi connectivity index (χ2n) is 11.8. The molecule has 3 aliphatic rings. The van der Waals surface area contributed by atoms with Gasteiger partial charge in [-0.3, -0.25) is 9.59 Å². The Balaban J connectivity index is 1.13. The summed E-state index contributed by atoms with van der Waals surface area (Å²) in [5, 5.41) is 0. The Morgan fingerprint density at radius 1 is 0.951 bits per heavy atom. The molecule has 0 unspecified atom stereocenters. The first-order valence-electron chi connectivity index (χ1n) is 14.5. The summed E-state index contributed by atoms with van der Waals surface area (Å²) in [6.45, 7) is 2.16. The molecule has 3 fully saturated rings. The highest BCUT2D eigenvalue weighted by Crippen LogP contribution is 2.53. The average Bonchev–Trinajstić information content (AvgIpc) is 2.93. The van der Waals surface area contributed by atoms with Crippen LogP contribution in [0.5, 0.6) is 5.75 Å². The maximum Gasteiger partial charge on any atom is 0.395 e. The van der Waals surface area contributed by atoms with Gasteiger partial charge in [0.2, 0.25) is 5.91 Å². The number of amides is 2. The molecule has 1 saturated carbocycles. The van der Waals surface area contributed by atoms with Crippen LogP contribution < -0.4 is 10.5 Å². The van der Waals surface area contributed by atoms with Crippen LogP contribution in [-0.2, 0) is 4.79 Å². The van der Waals surface area contributed by atoms with Crippen molar-refractivity contribution in [2.45, 2.75) is 63.6 Å². The number of hydrogen-bond acceptors (Lipinski definition) is 4. The van der Waals surface area contributed by atoms with Crippen LogP contribution in [0.2, 0.25) is 0 Å². The largest absolute Gasteiger partial charge is 0.493 e. The molecule has 2 aromatic carbocycles. The minimum absolute atomic E-state index is 0.0814. The van der Waals surface area contributed by atoms with E-state index in [1.165, 1.54) is 11.0 Å². The molecule has 2 heterocycles. The van der Waals surface area contributed by atoms with Crippen molar-refractivity contribution in [3.8, 4) is 16.9 Å². The summed E-state index contributed by atoms with van der Waals surface area (Å²) < 4.78 is 61.4. The summed E-state index contributed by atoms with van der Waals surface area (Å²) >= 11 is 0. The van der Waals surface area contributed by atoms with Crippen LogP contribution in [0, 0.1) is 17.2 Å². The first-order chi connectivity index (χ1) is 19.6. The summed E-state index contributed by atoms with van der Waals surface area (Å²) in [6.07, 6.45) is 0.647. The highest BCUT2D eigenvalue weighted by Gasteiger charge is 2.58. The molecule has 1 aliphatic carbocycles. The van der Waals surface area contributed by atoms with Gasteiger partial charge in [-0.1, -0.05) is 18.6 Å². The quantitative estimate of drug-likeness (QED) is 0.404. The third kappa shape index (κ3) is 6.37. The zero-order valence-corrected chi connectivity index (χ0v) is 23.1. The van der Waals surface area contributed by atoms with E-state index in [4.69, 9.17) is 10.5 Å². The minimum Gasteiger partial charge on any atom is -0.493 e. The number of alkyl halides is 3. The highest BCUT2D eigenvalue weighted by atomic mass is 19.4. The number of ether oxygens (including phenoxy) is 1. The Kier molecular flexibility index (Phi) is 8.59. The number of carbonyl (C=O) groups is 2. The molecule has 5 rings (SSSR count). The van der Waals surface area contributed by atoms with E-state index in [0.717, 1.165) is 25.7 Å². The summed E-state index contributed by atoms with van der Waals surface area (Å²) in [5.74, 6) is -0.630. The molecule has 0 aromatic heterocycles. The number of rotatable bonds is 8. The number of likely N-dealkylation sites (tertiary alicyclic amines) is 2. The van der Waals surface area contributed by atoms with Crippen molar-refractivity contribution in [1.29, 1.82) is 0 Å². The summed E-state index contributed by atoms with van der Waals surface area (Å²) in [5.41, 5.74) is 5.34. The number of primary amides is 1. The molecule has 2 N–H and O–H groups in total. The molecule has 2 amide bonds. The standard InChI is InChI=1S/C31H37F4N3O3/c32-26-18-24(41-19-21-11-16-37(17-12-21)20-30(13-3-14-30)31(33,34)35)9-10-25(26)22-5-7-23(8-6-22)29(40)38-15-2-1-4-27(38)28(36)39/h5-10,18,21,27H,1-4,11-17,19-20H2,(H2,36,39)/t27-/m1/s1. The first-order valence-corrected chi connectivity index (χ1v) is 14.5. The van der Waals surface area contributed by atoms with E-state index in [1.54, 1.807) is 36.4 Å². The van der Waals surface area contributed by atoms with Crippen LogP contribution in [0.1, 0.15) is 61.7 Å². The first kappa shape index (κ1) is 29.4. The molecule has 1 atom stereocenters. The van der Waals surface area contributed by atoms with Gasteiger partial charge < -0.3 is 20.3 Å². The van der Waals surface area contributed by atoms with Crippen molar-refractivity contribution in [2.24, 2.45) is 17.1 Å². The van der Waals surface area contributed by atoms with Gasteiger partial charge in [-0.2, -0.15) is 13.2 Å². The van der Waals surface area contributed by atoms with E-state index in [-0.39, 0.29) is 31.2 Å². The van der Waals surface area contributed by atoms with Gasteiger partial charge in [0.25, 0.3) is 5.91 Å². The second-order valence-corrected chi connectivity index (χ2v) is 11.8. The van der Waals surface area contributed by atoms with Gasteiger partial charge >= 0.3 is 6.18 Å². The zero-order chi connectivity index (χ0) is 29.2. The van der Waals surface area contributed by atoms with Gasteiger partial charge in [0, 0.05) is 30.3 Å². The molecule has 2 aliphatic heterocycles. The van der Waals surface area contributed by atoms with E-state index < -0.39 is 29.4 Å². The monoisotopic (exact) mass is 575 g/mol. The predicted octanol–water partition coefficient (Wildman–Crippen LogP) is 5.80. The Labute approximate surface area is 237 Å². The molecule has 6 nitrogen and oxygen atoms in total. The van der Waals surface area contributed by atoms with Gasteiger partial charge in [0.1, 0.15) is 17.6 Å². The number of hydrogen-bond donors (Lipinski definition) is 1. The predicted molar refractivity (Wildman–Crippen MR) is 147 cm³/mol. The molecule has 0 radical (unpaired) electrons. The van der Waals surface area contributed by atoms with Gasteiger partial charge in [-0.25, -0.2) is 4.39 Å². The molecule has 0 spiro atoms. The lowest BCUT2D eigenvalue weighted by molar-refractivity contribution is -0.256. The molecule has 2 saturated heterocycles. The molecular formula is C31H37F4N3O3. The maximum atomic E-state index is 15.0. The Hall–Kier alpha value is -3.14. The fourth-order valence-electron chi connectivity index (χ4n) is 6.34. The number of piperidine rings is 2. The van der Waals surface area contributed by atoms with Crippen LogP contribution >= 0.6 is 0 Å². The highest BCUT2D eigenvalue weighted by molar-refractivity contribution is 5.97. The summed E-state index contributed by atoms with van der Waals surface area (Å²) in [4.78, 5) is 28.2. The number of nitrogens with zero attached hydrogens (tertiary/aromatic N) is 2. The van der Waals surface area contributed by atoms with Crippen LogP contribution in [-0.4, -0.2) is 66.6 Å². The average molecular weight is 576 g/mol. The van der Waals surface area contributed by atoms with Crippen molar-refractivity contribution < 1.29 is 31.9 Å². The van der Waals surface area contributed by atoms with E-state index in [0.29, 0.717) is 61.5 Å². The van der Waals surface area contributed by atoms with Crippen LogP contribution in [0.15, 0.2) is 42.5 Å². The Bertz CT molecular complexity index is 1240. The maximum absolute atomic E-state index is 15.0. The van der Waals surface area contributed by atoms with E-state index in [9.17, 15) is 22.8 Å². The molecule has 0 bridgehead atoms. The van der Waals surface area contributed by atoms with Crippen molar-refractivity contribution in [2.75, 3.05) is 32.8 Å². The Morgan fingerprint density at radius 3 is 2.24 bits per heavy atom. The zero-order valence-electron chi connectivity index (χ0n) is 23.1. The normalized spacial score (nSPS) is 21.8. The van der Waals surface area contributed by atoms with Crippen molar-refractivity contribution in [1.82, 2.24) is 9.80 Å². The lowest BCUT2D eigenvalue weighted by Crippen LogP contribution is -2.53. The van der Waals surface area contributed by atoms with Crippen LogP contribution in [0.4, 0.5) is 17.6 Å².